The molecule has 0 amide bonds. The third-order valence-electron chi connectivity index (χ3n) is 4.88. The Labute approximate surface area is 146 Å². The molecule has 2 rings (SSSR count). The van der Waals surface area contributed by atoms with Crippen LogP contribution in [-0.4, -0.2) is 63.3 Å². The normalized spacial score (nSPS) is 23.0. The molecule has 5 nitrogen and oxygen atoms in total. The molecule has 1 aliphatic carbocycles. The van der Waals surface area contributed by atoms with Crippen LogP contribution in [0.5, 0.6) is 0 Å². The minimum Gasteiger partial charge on any atom is -0.381 e. The minimum atomic E-state index is 0. The summed E-state index contributed by atoms with van der Waals surface area (Å²) in [4.78, 5) is 6.71. The highest BCUT2D eigenvalue weighted by Gasteiger charge is 2.34. The lowest BCUT2D eigenvalue weighted by molar-refractivity contribution is -0.00502. The molecule has 0 atom stereocenters. The Morgan fingerprint density at radius 2 is 1.86 bits per heavy atom. The summed E-state index contributed by atoms with van der Waals surface area (Å²) in [6.45, 7) is 2.64. The zero-order chi connectivity index (χ0) is 14.4. The third kappa shape index (κ3) is 5.25. The van der Waals surface area contributed by atoms with E-state index in [4.69, 9.17) is 4.74 Å². The van der Waals surface area contributed by atoms with E-state index >= 15 is 0 Å². The lowest BCUT2D eigenvalue weighted by Crippen LogP contribution is -2.57. The number of halogens is 1. The van der Waals surface area contributed by atoms with Gasteiger partial charge in [-0.3, -0.25) is 4.99 Å². The van der Waals surface area contributed by atoms with Gasteiger partial charge in [0, 0.05) is 38.4 Å². The van der Waals surface area contributed by atoms with Gasteiger partial charge in [0.15, 0.2) is 5.96 Å². The Hall–Kier alpha value is -0.0800. The Morgan fingerprint density at radius 3 is 2.38 bits per heavy atom. The van der Waals surface area contributed by atoms with Crippen LogP contribution in [0, 0.1) is 0 Å². The molecule has 0 bridgehead atoms. The molecule has 0 aromatic rings. The Balaban J connectivity index is 0.00000220. The van der Waals surface area contributed by atoms with Crippen LogP contribution in [0.2, 0.25) is 0 Å². The van der Waals surface area contributed by atoms with E-state index in [1.165, 1.54) is 25.7 Å². The van der Waals surface area contributed by atoms with Crippen LogP contribution in [0.15, 0.2) is 4.99 Å². The minimum absolute atomic E-state index is 0. The van der Waals surface area contributed by atoms with E-state index in [-0.39, 0.29) is 29.5 Å². The largest absolute Gasteiger partial charge is 0.381 e. The van der Waals surface area contributed by atoms with Gasteiger partial charge in [-0.25, -0.2) is 0 Å². The highest BCUT2D eigenvalue weighted by Crippen LogP contribution is 2.25. The fraction of sp³-hybridized carbons (Fsp3) is 0.933. The summed E-state index contributed by atoms with van der Waals surface area (Å²) in [5.74, 6) is 0.949. The van der Waals surface area contributed by atoms with Gasteiger partial charge in [-0.2, -0.15) is 0 Å². The highest BCUT2D eigenvalue weighted by molar-refractivity contribution is 14.0. The lowest BCUT2D eigenvalue weighted by Gasteiger charge is -2.43. The molecule has 0 aromatic heterocycles. The number of likely N-dealkylation sites (N-methyl/N-ethyl adjacent to an activating group) is 1. The molecule has 1 heterocycles. The van der Waals surface area contributed by atoms with Gasteiger partial charge in [0.25, 0.3) is 0 Å². The average Bonchev–Trinajstić information content (AvgIpc) is 2.97. The molecular weight excluding hydrogens is 379 g/mol. The predicted octanol–water partition coefficient (Wildman–Crippen LogP) is 1.82. The van der Waals surface area contributed by atoms with Gasteiger partial charge >= 0.3 is 0 Å². The van der Waals surface area contributed by atoms with E-state index in [1.54, 1.807) is 0 Å². The Kier molecular flexibility index (Phi) is 8.26. The first-order valence-corrected chi connectivity index (χ1v) is 7.89. The monoisotopic (exact) mass is 410 g/mol. The van der Waals surface area contributed by atoms with Crippen LogP contribution in [0.1, 0.15) is 38.5 Å². The maximum atomic E-state index is 5.52. The first-order chi connectivity index (χ1) is 9.66. The molecule has 2 aliphatic rings. The van der Waals surface area contributed by atoms with Gasteiger partial charge in [-0.15, -0.1) is 24.0 Å². The molecule has 21 heavy (non-hydrogen) atoms. The number of rotatable bonds is 4. The first kappa shape index (κ1) is 19.0. The molecule has 2 fully saturated rings. The highest BCUT2D eigenvalue weighted by atomic mass is 127. The van der Waals surface area contributed by atoms with Crippen LogP contribution < -0.4 is 10.6 Å². The standard InChI is InChI=1S/C15H30N4O.HI/c1-16-14(18-13-6-4-5-7-13)17-12-15(19(2)3)8-10-20-11-9-15;/h13H,4-12H2,1-3H3,(H2,16,17,18);1H. The van der Waals surface area contributed by atoms with Crippen molar-refractivity contribution in [3.63, 3.8) is 0 Å². The van der Waals surface area contributed by atoms with Gasteiger partial charge in [-0.05, 0) is 39.8 Å². The molecule has 6 heteroatoms. The number of nitrogens with zero attached hydrogens (tertiary/aromatic N) is 2. The summed E-state index contributed by atoms with van der Waals surface area (Å²) in [6, 6.07) is 0.603. The number of nitrogens with one attached hydrogen (secondary N) is 2. The summed E-state index contributed by atoms with van der Waals surface area (Å²) in [5.41, 5.74) is 0.186. The van der Waals surface area contributed by atoms with Crippen LogP contribution in [0.4, 0.5) is 0 Å². The SMILES string of the molecule is CN=C(NCC1(N(C)C)CCOCC1)NC1CCCC1.I. The third-order valence-corrected chi connectivity index (χ3v) is 4.88. The number of guanidine groups is 1. The van der Waals surface area contributed by atoms with Crippen LogP contribution in [0.3, 0.4) is 0 Å². The Morgan fingerprint density at radius 1 is 1.24 bits per heavy atom. The number of hydrogen-bond donors (Lipinski definition) is 2. The van der Waals surface area contributed by atoms with Gasteiger partial charge in [0.05, 0.1) is 0 Å². The second kappa shape index (κ2) is 9.15. The second-order valence-corrected chi connectivity index (χ2v) is 6.28. The molecule has 1 saturated heterocycles. The van der Waals surface area contributed by atoms with Crippen molar-refractivity contribution in [3.8, 4) is 0 Å². The summed E-state index contributed by atoms with van der Waals surface area (Å²) >= 11 is 0. The van der Waals surface area contributed by atoms with E-state index in [0.717, 1.165) is 38.6 Å². The molecule has 0 radical (unpaired) electrons. The average molecular weight is 410 g/mol. The number of hydrogen-bond acceptors (Lipinski definition) is 3. The molecule has 0 aromatic carbocycles. The zero-order valence-electron chi connectivity index (χ0n) is 13.7. The fourth-order valence-corrected chi connectivity index (χ4v) is 3.24. The lowest BCUT2D eigenvalue weighted by atomic mass is 9.88. The predicted molar refractivity (Wildman–Crippen MR) is 98.6 cm³/mol. The smallest absolute Gasteiger partial charge is 0.191 e. The van der Waals surface area contributed by atoms with Crippen LogP contribution in [-0.2, 0) is 4.74 Å². The molecule has 0 unspecified atom stereocenters. The first-order valence-electron chi connectivity index (χ1n) is 7.89. The summed E-state index contributed by atoms with van der Waals surface area (Å²) in [7, 11) is 6.19. The summed E-state index contributed by atoms with van der Waals surface area (Å²) in [6.07, 6.45) is 7.38. The van der Waals surface area contributed by atoms with E-state index < -0.39 is 0 Å². The molecule has 2 N–H and O–H groups in total. The van der Waals surface area contributed by atoms with Crippen molar-refractivity contribution in [2.75, 3.05) is 40.9 Å². The maximum Gasteiger partial charge on any atom is 0.191 e. The van der Waals surface area contributed by atoms with Crippen LogP contribution in [0.25, 0.3) is 0 Å². The maximum absolute atomic E-state index is 5.52. The van der Waals surface area contributed by atoms with E-state index in [0.29, 0.717) is 6.04 Å². The second-order valence-electron chi connectivity index (χ2n) is 6.28. The van der Waals surface area contributed by atoms with Crippen molar-refractivity contribution >= 4 is 29.9 Å². The molecule has 1 saturated carbocycles. The van der Waals surface area contributed by atoms with E-state index in [2.05, 4.69) is 34.6 Å². The molecule has 1 aliphatic heterocycles. The number of ether oxygens (including phenoxy) is 1. The topological polar surface area (TPSA) is 48.9 Å². The van der Waals surface area contributed by atoms with Gasteiger partial charge < -0.3 is 20.3 Å². The zero-order valence-corrected chi connectivity index (χ0v) is 16.0. The summed E-state index contributed by atoms with van der Waals surface area (Å²) in [5, 5.41) is 7.08. The van der Waals surface area contributed by atoms with Crippen LogP contribution >= 0.6 is 24.0 Å². The van der Waals surface area contributed by atoms with Crippen molar-refractivity contribution in [2.45, 2.75) is 50.1 Å². The molecule has 124 valence electrons. The quantitative estimate of drug-likeness (QED) is 0.422. The van der Waals surface area contributed by atoms with Crippen molar-refractivity contribution < 1.29 is 4.74 Å². The molecular formula is C15H31IN4O. The Bertz CT molecular complexity index is 324. The molecule has 0 spiro atoms. The van der Waals surface area contributed by atoms with Crippen molar-refractivity contribution in [1.82, 2.24) is 15.5 Å². The van der Waals surface area contributed by atoms with E-state index in [9.17, 15) is 0 Å². The van der Waals surface area contributed by atoms with Gasteiger partial charge in [-0.1, -0.05) is 12.8 Å². The van der Waals surface area contributed by atoms with Crippen molar-refractivity contribution in [3.05, 3.63) is 0 Å². The van der Waals surface area contributed by atoms with Crippen molar-refractivity contribution in [1.29, 1.82) is 0 Å². The van der Waals surface area contributed by atoms with E-state index in [1.807, 2.05) is 7.05 Å². The van der Waals surface area contributed by atoms with Gasteiger partial charge in [0.2, 0.25) is 0 Å². The summed E-state index contributed by atoms with van der Waals surface area (Å²) < 4.78 is 5.52. The van der Waals surface area contributed by atoms with Crippen molar-refractivity contribution in [2.24, 2.45) is 4.99 Å². The number of aliphatic imine (C=N–C) groups is 1. The fourth-order valence-electron chi connectivity index (χ4n) is 3.24. The van der Waals surface area contributed by atoms with Gasteiger partial charge in [0.1, 0.15) is 0 Å².